The van der Waals surface area contributed by atoms with Crippen LogP contribution < -0.4 is 5.32 Å². The molecule has 0 amide bonds. The predicted molar refractivity (Wildman–Crippen MR) is 110 cm³/mol. The van der Waals surface area contributed by atoms with Crippen LogP contribution in [0.2, 0.25) is 0 Å². The molecule has 28 heavy (non-hydrogen) atoms. The van der Waals surface area contributed by atoms with Crippen LogP contribution in [0, 0.1) is 0 Å². The Labute approximate surface area is 164 Å². The molecular weight excluding hydrogens is 354 g/mol. The van der Waals surface area contributed by atoms with E-state index in [2.05, 4.69) is 31.4 Å². The number of likely N-dealkylation sites (N-methyl/N-ethyl adjacent to an activating group) is 2. The molecule has 0 saturated carbocycles. The lowest BCUT2D eigenvalue weighted by Crippen LogP contribution is -2.22. The monoisotopic (exact) mass is 379 g/mol. The van der Waals surface area contributed by atoms with Crippen molar-refractivity contribution in [3.63, 3.8) is 0 Å². The van der Waals surface area contributed by atoms with Gasteiger partial charge in [-0.1, -0.05) is 0 Å². The molecule has 2 aromatic heterocycles. The van der Waals surface area contributed by atoms with Crippen molar-refractivity contribution in [2.45, 2.75) is 6.54 Å². The van der Waals surface area contributed by atoms with E-state index >= 15 is 0 Å². The number of nitrogens with zero attached hydrogens (tertiary/aromatic N) is 6. The summed E-state index contributed by atoms with van der Waals surface area (Å²) in [6.07, 6.45) is 3.18. The fourth-order valence-corrected chi connectivity index (χ4v) is 3.55. The van der Waals surface area contributed by atoms with Crippen LogP contribution in [0.3, 0.4) is 0 Å². The van der Waals surface area contributed by atoms with Crippen LogP contribution in [0.15, 0.2) is 24.5 Å². The highest BCUT2D eigenvalue weighted by Crippen LogP contribution is 2.41. The molecule has 0 bridgehead atoms. The number of fused-ring (bicyclic) bond motifs is 2. The van der Waals surface area contributed by atoms with Gasteiger partial charge in [0.25, 0.3) is 0 Å². The van der Waals surface area contributed by atoms with E-state index in [-0.39, 0.29) is 5.78 Å². The number of nitrogens with one attached hydrogen (secondary N) is 1. The summed E-state index contributed by atoms with van der Waals surface area (Å²) in [4.78, 5) is 17.6. The average Bonchev–Trinajstić information content (AvgIpc) is 3.04. The molecule has 1 aromatic carbocycles. The number of rotatable bonds is 7. The Kier molecular flexibility index (Phi) is 4.82. The number of anilines is 1. The number of ketones is 1. The molecule has 0 unspecified atom stereocenters. The van der Waals surface area contributed by atoms with Gasteiger partial charge < -0.3 is 15.1 Å². The molecule has 0 radical (unpaired) electrons. The number of carbonyl (C=O) groups excluding carboxylic acids is 1. The van der Waals surface area contributed by atoms with Crippen molar-refractivity contribution < 1.29 is 4.79 Å². The number of aromatic nitrogens is 4. The van der Waals surface area contributed by atoms with E-state index in [0.717, 1.165) is 54.0 Å². The number of carbonyl (C=O) groups is 1. The Morgan fingerprint density at radius 2 is 1.71 bits per heavy atom. The van der Waals surface area contributed by atoms with Crippen molar-refractivity contribution in [3.05, 3.63) is 35.7 Å². The van der Waals surface area contributed by atoms with E-state index in [9.17, 15) is 4.79 Å². The first-order valence-electron chi connectivity index (χ1n) is 9.40. The molecule has 4 rings (SSSR count). The van der Waals surface area contributed by atoms with Crippen molar-refractivity contribution in [3.8, 4) is 11.3 Å². The van der Waals surface area contributed by atoms with E-state index < -0.39 is 0 Å². The van der Waals surface area contributed by atoms with Gasteiger partial charge in [0.1, 0.15) is 5.69 Å². The summed E-state index contributed by atoms with van der Waals surface area (Å²) in [6, 6.07) is 4.04. The Morgan fingerprint density at radius 1 is 1.00 bits per heavy atom. The Hall–Kier alpha value is -2.84. The number of hydrogen-bond acceptors (Lipinski definition) is 7. The van der Waals surface area contributed by atoms with Crippen molar-refractivity contribution in [2.75, 3.05) is 53.1 Å². The molecule has 0 saturated heterocycles. The first kappa shape index (κ1) is 18.5. The summed E-state index contributed by atoms with van der Waals surface area (Å²) in [6.45, 7) is 3.25. The van der Waals surface area contributed by atoms with E-state index in [1.165, 1.54) is 0 Å². The van der Waals surface area contributed by atoms with Gasteiger partial charge in [0, 0.05) is 36.3 Å². The maximum atomic E-state index is 13.3. The van der Waals surface area contributed by atoms with Crippen molar-refractivity contribution in [1.29, 1.82) is 0 Å². The average molecular weight is 379 g/mol. The second kappa shape index (κ2) is 7.29. The van der Waals surface area contributed by atoms with Gasteiger partial charge in [-0.05, 0) is 40.3 Å². The van der Waals surface area contributed by atoms with Gasteiger partial charge in [-0.3, -0.25) is 9.48 Å². The van der Waals surface area contributed by atoms with E-state index in [1.54, 1.807) is 12.4 Å². The predicted octanol–water partition coefficient (Wildman–Crippen LogP) is 1.57. The first-order chi connectivity index (χ1) is 13.5. The molecule has 1 aliphatic rings. The SMILES string of the molecule is CN(C)CCNc1ccc2c3c(nn2CCN(C)C)-c2cnncc2C(=O)c13. The highest BCUT2D eigenvalue weighted by atomic mass is 16.1. The van der Waals surface area contributed by atoms with Gasteiger partial charge in [0.15, 0.2) is 5.78 Å². The topological polar surface area (TPSA) is 79.2 Å². The lowest BCUT2D eigenvalue weighted by Gasteiger charge is -2.19. The molecule has 1 aliphatic carbocycles. The Bertz CT molecular complexity index is 1040. The lowest BCUT2D eigenvalue weighted by atomic mass is 9.88. The van der Waals surface area contributed by atoms with Crippen LogP contribution in [0.4, 0.5) is 5.69 Å². The van der Waals surface area contributed by atoms with Crippen LogP contribution >= 0.6 is 0 Å². The van der Waals surface area contributed by atoms with E-state index in [4.69, 9.17) is 5.10 Å². The van der Waals surface area contributed by atoms with Crippen LogP contribution in [0.1, 0.15) is 15.9 Å². The van der Waals surface area contributed by atoms with Crippen LogP contribution in [-0.4, -0.2) is 83.4 Å². The van der Waals surface area contributed by atoms with Crippen LogP contribution in [0.5, 0.6) is 0 Å². The minimum atomic E-state index is -0.0255. The van der Waals surface area contributed by atoms with Crippen LogP contribution in [-0.2, 0) is 6.54 Å². The first-order valence-corrected chi connectivity index (χ1v) is 9.40. The maximum Gasteiger partial charge on any atom is 0.198 e. The Morgan fingerprint density at radius 3 is 2.43 bits per heavy atom. The van der Waals surface area contributed by atoms with Gasteiger partial charge in [-0.2, -0.15) is 15.3 Å². The Balaban J connectivity index is 1.87. The third-order valence-corrected chi connectivity index (χ3v) is 5.01. The van der Waals surface area contributed by atoms with E-state index in [0.29, 0.717) is 11.1 Å². The minimum absolute atomic E-state index is 0.0255. The fourth-order valence-electron chi connectivity index (χ4n) is 3.55. The summed E-state index contributed by atoms with van der Waals surface area (Å²) in [7, 11) is 8.14. The van der Waals surface area contributed by atoms with Gasteiger partial charge in [0.2, 0.25) is 0 Å². The summed E-state index contributed by atoms with van der Waals surface area (Å²) in [5, 5.41) is 17.1. The highest BCUT2D eigenvalue weighted by molar-refractivity contribution is 6.27. The smallest absolute Gasteiger partial charge is 0.198 e. The molecule has 8 heteroatoms. The van der Waals surface area contributed by atoms with Gasteiger partial charge in [0.05, 0.1) is 35.6 Å². The van der Waals surface area contributed by atoms with Crippen molar-refractivity contribution in [1.82, 2.24) is 29.8 Å². The molecule has 0 aliphatic heterocycles. The fraction of sp³-hybridized carbons (Fsp3) is 0.400. The summed E-state index contributed by atoms with van der Waals surface area (Å²) in [5.74, 6) is -0.0255. The van der Waals surface area contributed by atoms with E-state index in [1.807, 2.05) is 38.9 Å². The zero-order valence-electron chi connectivity index (χ0n) is 16.7. The molecular formula is C20H25N7O. The maximum absolute atomic E-state index is 13.3. The quantitative estimate of drug-likeness (QED) is 0.522. The summed E-state index contributed by atoms with van der Waals surface area (Å²) < 4.78 is 1.99. The van der Waals surface area contributed by atoms with Gasteiger partial charge in [-0.15, -0.1) is 0 Å². The van der Waals surface area contributed by atoms with Crippen LogP contribution in [0.25, 0.3) is 22.2 Å². The molecule has 0 spiro atoms. The minimum Gasteiger partial charge on any atom is -0.383 e. The zero-order chi connectivity index (χ0) is 19.8. The molecule has 2 heterocycles. The second-order valence-corrected chi connectivity index (χ2v) is 7.63. The second-order valence-electron chi connectivity index (χ2n) is 7.63. The van der Waals surface area contributed by atoms with Gasteiger partial charge in [-0.25, -0.2) is 0 Å². The highest BCUT2D eigenvalue weighted by Gasteiger charge is 2.31. The molecule has 146 valence electrons. The standard InChI is InChI=1S/C20H25N7O/c1-25(2)8-7-21-15-5-6-16-18-17(15)20(28)14-12-23-22-11-13(14)19(18)24-27(16)10-9-26(3)4/h5-6,11-12,21H,7-10H2,1-4H3. The van der Waals surface area contributed by atoms with Gasteiger partial charge >= 0.3 is 0 Å². The molecule has 8 nitrogen and oxygen atoms in total. The van der Waals surface area contributed by atoms with Crippen molar-refractivity contribution in [2.24, 2.45) is 0 Å². The summed E-state index contributed by atoms with van der Waals surface area (Å²) >= 11 is 0. The summed E-state index contributed by atoms with van der Waals surface area (Å²) in [5.41, 5.74) is 4.62. The normalized spacial score (nSPS) is 12.9. The molecule has 0 fully saturated rings. The number of benzene rings is 1. The third-order valence-electron chi connectivity index (χ3n) is 5.01. The lowest BCUT2D eigenvalue weighted by molar-refractivity contribution is 0.104. The third kappa shape index (κ3) is 3.14. The number of hydrogen-bond donors (Lipinski definition) is 1. The molecule has 1 N–H and O–H groups in total. The molecule has 3 aromatic rings. The zero-order valence-corrected chi connectivity index (χ0v) is 16.7. The van der Waals surface area contributed by atoms with Crippen molar-refractivity contribution >= 4 is 22.4 Å². The molecule has 0 atom stereocenters. The largest absolute Gasteiger partial charge is 0.383 e.